The Balaban J connectivity index is 2.14. The van der Waals surface area contributed by atoms with Crippen LogP contribution in [0.25, 0.3) is 0 Å². The molecular weight excluding hydrogens is 224 g/mol. The van der Waals surface area contributed by atoms with Crippen molar-refractivity contribution in [3.8, 4) is 0 Å². The van der Waals surface area contributed by atoms with Crippen LogP contribution in [0.1, 0.15) is 26.2 Å². The number of urea groups is 1. The molecule has 3 N–H and O–H groups in total. The molecule has 94 valence electrons. The van der Waals surface area contributed by atoms with Crippen molar-refractivity contribution in [1.29, 1.82) is 0 Å². The van der Waals surface area contributed by atoms with Gasteiger partial charge in [-0.05, 0) is 26.0 Å². The highest BCUT2D eigenvalue weighted by Crippen LogP contribution is 2.24. The lowest BCUT2D eigenvalue weighted by Crippen LogP contribution is -2.44. The molecule has 1 aliphatic carbocycles. The van der Waals surface area contributed by atoms with E-state index < -0.39 is 0 Å². The minimum absolute atomic E-state index is 0.124. The summed E-state index contributed by atoms with van der Waals surface area (Å²) in [6, 6.07) is 0.0594. The maximum Gasteiger partial charge on any atom is 0.315 e. The molecule has 1 rings (SSSR count). The number of rotatable bonds is 5. The van der Waals surface area contributed by atoms with Crippen LogP contribution in [-0.4, -0.2) is 41.8 Å². The second kappa shape index (κ2) is 7.01. The minimum atomic E-state index is -0.232. The molecule has 0 aliphatic heterocycles. The molecule has 1 fully saturated rings. The fraction of sp³-hybridized carbons (Fsp3) is 0.909. The first-order chi connectivity index (χ1) is 7.63. The van der Waals surface area contributed by atoms with Crippen LogP contribution in [0.4, 0.5) is 4.79 Å². The van der Waals surface area contributed by atoms with E-state index in [9.17, 15) is 9.90 Å². The van der Waals surface area contributed by atoms with Crippen LogP contribution in [0, 0.1) is 5.92 Å². The Morgan fingerprint density at radius 2 is 2.31 bits per heavy atom. The number of aliphatic hydroxyl groups is 1. The Bertz CT molecular complexity index is 226. The fourth-order valence-corrected chi connectivity index (χ4v) is 2.63. The minimum Gasteiger partial charge on any atom is -0.393 e. The van der Waals surface area contributed by atoms with Gasteiger partial charge in [-0.2, -0.15) is 11.8 Å². The van der Waals surface area contributed by atoms with Crippen LogP contribution in [0.3, 0.4) is 0 Å². The molecule has 0 unspecified atom stereocenters. The number of aliphatic hydroxyl groups excluding tert-OH is 1. The molecule has 0 heterocycles. The van der Waals surface area contributed by atoms with Crippen molar-refractivity contribution in [2.75, 3.05) is 18.6 Å². The van der Waals surface area contributed by atoms with Crippen LogP contribution in [0.15, 0.2) is 0 Å². The Hall–Kier alpha value is -0.420. The zero-order valence-electron chi connectivity index (χ0n) is 10.0. The summed E-state index contributed by atoms with van der Waals surface area (Å²) in [5.74, 6) is 1.15. The summed E-state index contributed by atoms with van der Waals surface area (Å²) in [4.78, 5) is 11.5. The summed E-state index contributed by atoms with van der Waals surface area (Å²) in [5.41, 5.74) is 0. The van der Waals surface area contributed by atoms with E-state index in [0.29, 0.717) is 6.54 Å². The van der Waals surface area contributed by atoms with Gasteiger partial charge in [0.2, 0.25) is 0 Å². The number of thioether (sulfide) groups is 1. The molecule has 0 aromatic rings. The molecule has 0 aromatic carbocycles. The predicted molar refractivity (Wildman–Crippen MR) is 67.7 cm³/mol. The van der Waals surface area contributed by atoms with Gasteiger partial charge in [-0.15, -0.1) is 0 Å². The lowest BCUT2D eigenvalue weighted by atomic mass is 10.1. The summed E-state index contributed by atoms with van der Waals surface area (Å²) < 4.78 is 0. The van der Waals surface area contributed by atoms with Crippen LogP contribution in [-0.2, 0) is 0 Å². The molecule has 0 saturated heterocycles. The normalized spacial score (nSPS) is 26.4. The number of hydrogen-bond donors (Lipinski definition) is 3. The lowest BCUT2D eigenvalue weighted by molar-refractivity contribution is 0.132. The second-order valence-corrected chi connectivity index (χ2v) is 5.38. The van der Waals surface area contributed by atoms with E-state index in [-0.39, 0.29) is 24.1 Å². The van der Waals surface area contributed by atoms with Crippen molar-refractivity contribution in [3.05, 3.63) is 0 Å². The summed E-state index contributed by atoms with van der Waals surface area (Å²) >= 11 is 1.71. The average Bonchev–Trinajstić information content (AvgIpc) is 2.61. The first-order valence-corrected chi connectivity index (χ1v) is 7.24. The molecule has 5 heteroatoms. The quantitative estimate of drug-likeness (QED) is 0.683. The maximum atomic E-state index is 11.5. The molecule has 4 nitrogen and oxygen atoms in total. The third-order valence-corrected chi connectivity index (χ3v) is 3.77. The van der Waals surface area contributed by atoms with Gasteiger partial charge in [-0.25, -0.2) is 4.79 Å². The summed E-state index contributed by atoms with van der Waals surface area (Å²) in [6.07, 6.45) is 4.74. The van der Waals surface area contributed by atoms with Crippen molar-refractivity contribution in [2.24, 2.45) is 5.92 Å². The van der Waals surface area contributed by atoms with Crippen LogP contribution >= 0.6 is 11.8 Å². The third-order valence-electron chi connectivity index (χ3n) is 2.94. The third kappa shape index (κ3) is 4.61. The highest BCUT2D eigenvalue weighted by atomic mass is 32.2. The Kier molecular flexibility index (Phi) is 5.98. The number of hydrogen-bond acceptors (Lipinski definition) is 3. The topological polar surface area (TPSA) is 61.4 Å². The van der Waals surface area contributed by atoms with E-state index in [4.69, 9.17) is 0 Å². The van der Waals surface area contributed by atoms with Gasteiger partial charge in [0.25, 0.3) is 0 Å². The molecule has 0 bridgehead atoms. The standard InChI is InChI=1S/C11H22N2O2S/c1-8(7-16-2)13-11(15)12-6-9-4-3-5-10(9)14/h8-10,14H,3-7H2,1-2H3,(H2,12,13,15)/t8-,9+,10-/m0/s1. The predicted octanol–water partition coefficient (Wildman–Crippen LogP) is 1.20. The van der Waals surface area contributed by atoms with E-state index in [0.717, 1.165) is 25.0 Å². The van der Waals surface area contributed by atoms with Gasteiger partial charge in [0.05, 0.1) is 6.10 Å². The van der Waals surface area contributed by atoms with E-state index in [1.807, 2.05) is 13.2 Å². The number of amides is 2. The van der Waals surface area contributed by atoms with Gasteiger partial charge in [0.1, 0.15) is 0 Å². The van der Waals surface area contributed by atoms with Gasteiger partial charge in [-0.3, -0.25) is 0 Å². The molecule has 0 radical (unpaired) electrons. The smallest absolute Gasteiger partial charge is 0.315 e. The molecule has 2 amide bonds. The molecular formula is C11H22N2O2S. The van der Waals surface area contributed by atoms with Gasteiger partial charge in [0.15, 0.2) is 0 Å². The van der Waals surface area contributed by atoms with Crippen LogP contribution in [0.5, 0.6) is 0 Å². The van der Waals surface area contributed by atoms with E-state index >= 15 is 0 Å². The van der Waals surface area contributed by atoms with Crippen molar-refractivity contribution >= 4 is 17.8 Å². The van der Waals surface area contributed by atoms with Crippen molar-refractivity contribution in [2.45, 2.75) is 38.3 Å². The Labute approximate surface area is 102 Å². The van der Waals surface area contributed by atoms with Gasteiger partial charge < -0.3 is 15.7 Å². The van der Waals surface area contributed by atoms with Crippen molar-refractivity contribution < 1.29 is 9.90 Å². The summed E-state index contributed by atoms with van der Waals surface area (Å²) in [5, 5.41) is 15.3. The first kappa shape index (κ1) is 13.6. The highest BCUT2D eigenvalue weighted by Gasteiger charge is 2.25. The largest absolute Gasteiger partial charge is 0.393 e. The summed E-state index contributed by atoms with van der Waals surface area (Å²) in [7, 11) is 0. The van der Waals surface area contributed by atoms with Crippen LogP contribution < -0.4 is 10.6 Å². The summed E-state index contributed by atoms with van der Waals surface area (Å²) in [6.45, 7) is 2.57. The molecule has 0 aromatic heterocycles. The molecule has 0 spiro atoms. The van der Waals surface area contributed by atoms with E-state index in [1.165, 1.54) is 0 Å². The van der Waals surface area contributed by atoms with Crippen LogP contribution in [0.2, 0.25) is 0 Å². The number of carbonyl (C=O) groups is 1. The van der Waals surface area contributed by atoms with Crippen molar-refractivity contribution in [3.63, 3.8) is 0 Å². The zero-order valence-corrected chi connectivity index (χ0v) is 10.8. The number of carbonyl (C=O) groups excluding carboxylic acids is 1. The van der Waals surface area contributed by atoms with Gasteiger partial charge >= 0.3 is 6.03 Å². The van der Waals surface area contributed by atoms with Gasteiger partial charge in [0, 0.05) is 24.3 Å². The Morgan fingerprint density at radius 3 is 2.88 bits per heavy atom. The SMILES string of the molecule is CSC[C@H](C)NC(=O)NC[C@H]1CCC[C@@H]1O. The number of nitrogens with one attached hydrogen (secondary N) is 2. The maximum absolute atomic E-state index is 11.5. The molecule has 1 saturated carbocycles. The fourth-order valence-electron chi connectivity index (χ4n) is 2.05. The molecule has 1 aliphatic rings. The zero-order chi connectivity index (χ0) is 12.0. The van der Waals surface area contributed by atoms with E-state index in [1.54, 1.807) is 11.8 Å². The van der Waals surface area contributed by atoms with Crippen molar-refractivity contribution in [1.82, 2.24) is 10.6 Å². The lowest BCUT2D eigenvalue weighted by Gasteiger charge is -2.17. The Morgan fingerprint density at radius 1 is 1.56 bits per heavy atom. The highest BCUT2D eigenvalue weighted by molar-refractivity contribution is 7.98. The second-order valence-electron chi connectivity index (χ2n) is 4.47. The first-order valence-electron chi connectivity index (χ1n) is 5.85. The van der Waals surface area contributed by atoms with Gasteiger partial charge in [-0.1, -0.05) is 6.42 Å². The molecule has 16 heavy (non-hydrogen) atoms. The van der Waals surface area contributed by atoms with E-state index in [2.05, 4.69) is 10.6 Å². The molecule has 3 atom stereocenters. The average molecular weight is 246 g/mol. The monoisotopic (exact) mass is 246 g/mol.